The summed E-state index contributed by atoms with van der Waals surface area (Å²) in [4.78, 5) is 0. The Morgan fingerprint density at radius 1 is 1.14 bits per heavy atom. The molecule has 1 nitrogen and oxygen atoms in total. The Balaban J connectivity index is 3.10. The third-order valence-corrected chi connectivity index (χ3v) is 3.42. The van der Waals surface area contributed by atoms with Crippen LogP contribution in [0, 0.1) is 0 Å². The Bertz CT molecular complexity index is 115. The van der Waals surface area contributed by atoms with E-state index in [4.69, 9.17) is 0 Å². The SMILES string of the molecule is CCCNC(C)CCCCSC(C)C. The minimum atomic E-state index is 0.707. The van der Waals surface area contributed by atoms with Gasteiger partial charge in [-0.1, -0.05) is 27.2 Å². The van der Waals surface area contributed by atoms with Crippen LogP contribution in [0.2, 0.25) is 0 Å². The van der Waals surface area contributed by atoms with Crippen molar-refractivity contribution in [2.24, 2.45) is 0 Å². The molecule has 0 rings (SSSR count). The second-order valence-corrected chi connectivity index (χ2v) is 5.95. The largest absolute Gasteiger partial charge is 0.314 e. The zero-order valence-corrected chi connectivity index (χ0v) is 11.1. The monoisotopic (exact) mass is 217 g/mol. The summed E-state index contributed by atoms with van der Waals surface area (Å²) in [5.41, 5.74) is 0. The molecular weight excluding hydrogens is 190 g/mol. The first-order chi connectivity index (χ1) is 6.66. The summed E-state index contributed by atoms with van der Waals surface area (Å²) in [5.74, 6) is 1.33. The molecule has 1 unspecified atom stereocenters. The van der Waals surface area contributed by atoms with Gasteiger partial charge >= 0.3 is 0 Å². The summed E-state index contributed by atoms with van der Waals surface area (Å²) in [6, 6.07) is 0.707. The molecule has 0 aliphatic heterocycles. The summed E-state index contributed by atoms with van der Waals surface area (Å²) < 4.78 is 0. The van der Waals surface area contributed by atoms with E-state index in [0.29, 0.717) is 6.04 Å². The van der Waals surface area contributed by atoms with Gasteiger partial charge in [-0.15, -0.1) is 0 Å². The molecule has 0 saturated heterocycles. The zero-order valence-electron chi connectivity index (χ0n) is 10.3. The van der Waals surface area contributed by atoms with Gasteiger partial charge in [0.25, 0.3) is 0 Å². The fourth-order valence-electron chi connectivity index (χ4n) is 1.36. The average Bonchev–Trinajstić information content (AvgIpc) is 2.13. The Labute approximate surface area is 94.4 Å². The van der Waals surface area contributed by atoms with Crippen LogP contribution in [0.25, 0.3) is 0 Å². The molecule has 14 heavy (non-hydrogen) atoms. The van der Waals surface area contributed by atoms with Crippen molar-refractivity contribution >= 4 is 11.8 Å². The van der Waals surface area contributed by atoms with Crippen LogP contribution in [-0.2, 0) is 0 Å². The average molecular weight is 217 g/mol. The topological polar surface area (TPSA) is 12.0 Å². The molecule has 86 valence electrons. The summed E-state index contributed by atoms with van der Waals surface area (Å²) in [6.45, 7) is 10.2. The van der Waals surface area contributed by atoms with E-state index in [1.54, 1.807) is 0 Å². The minimum absolute atomic E-state index is 0.707. The number of thioether (sulfide) groups is 1. The molecule has 0 bridgehead atoms. The van der Waals surface area contributed by atoms with E-state index in [1.165, 1.54) is 38.0 Å². The second-order valence-electron chi connectivity index (χ2n) is 4.27. The molecule has 0 spiro atoms. The van der Waals surface area contributed by atoms with E-state index in [2.05, 4.69) is 44.8 Å². The van der Waals surface area contributed by atoms with Gasteiger partial charge in [0.2, 0.25) is 0 Å². The lowest BCUT2D eigenvalue weighted by molar-refractivity contribution is 0.496. The predicted octanol–water partition coefficient (Wildman–Crippen LogP) is 3.69. The van der Waals surface area contributed by atoms with E-state index in [9.17, 15) is 0 Å². The smallest absolute Gasteiger partial charge is 0.00387 e. The van der Waals surface area contributed by atoms with Crippen LogP contribution in [0.4, 0.5) is 0 Å². The number of rotatable bonds is 9. The molecule has 0 aliphatic rings. The molecule has 0 saturated carbocycles. The third-order valence-electron chi connectivity index (χ3n) is 2.23. The summed E-state index contributed by atoms with van der Waals surface area (Å²) in [6.07, 6.45) is 5.32. The first-order valence-corrected chi connectivity index (χ1v) is 7.06. The highest BCUT2D eigenvalue weighted by Crippen LogP contribution is 2.12. The lowest BCUT2D eigenvalue weighted by Crippen LogP contribution is -2.26. The van der Waals surface area contributed by atoms with Gasteiger partial charge in [0, 0.05) is 6.04 Å². The van der Waals surface area contributed by atoms with Crippen LogP contribution in [0.1, 0.15) is 53.4 Å². The van der Waals surface area contributed by atoms with Crippen LogP contribution in [0.3, 0.4) is 0 Å². The molecule has 0 amide bonds. The van der Waals surface area contributed by atoms with Gasteiger partial charge < -0.3 is 5.32 Å². The summed E-state index contributed by atoms with van der Waals surface area (Å²) in [5, 5.41) is 4.32. The highest BCUT2D eigenvalue weighted by molar-refractivity contribution is 7.99. The Morgan fingerprint density at radius 3 is 2.43 bits per heavy atom. The van der Waals surface area contributed by atoms with E-state index < -0.39 is 0 Å². The van der Waals surface area contributed by atoms with Crippen molar-refractivity contribution in [3.63, 3.8) is 0 Å². The van der Waals surface area contributed by atoms with Crippen molar-refractivity contribution in [1.29, 1.82) is 0 Å². The molecule has 1 atom stereocenters. The number of nitrogens with one attached hydrogen (secondary N) is 1. The fourth-order valence-corrected chi connectivity index (χ4v) is 2.21. The van der Waals surface area contributed by atoms with E-state index in [0.717, 1.165) is 5.25 Å². The van der Waals surface area contributed by atoms with Gasteiger partial charge in [0.05, 0.1) is 0 Å². The van der Waals surface area contributed by atoms with Crippen LogP contribution >= 0.6 is 11.8 Å². The van der Waals surface area contributed by atoms with Gasteiger partial charge in [-0.3, -0.25) is 0 Å². The van der Waals surface area contributed by atoms with Crippen LogP contribution in [-0.4, -0.2) is 23.6 Å². The van der Waals surface area contributed by atoms with Crippen molar-refractivity contribution in [3.8, 4) is 0 Å². The molecule has 2 heteroatoms. The summed E-state index contributed by atoms with van der Waals surface area (Å²) >= 11 is 2.08. The Morgan fingerprint density at radius 2 is 1.86 bits per heavy atom. The number of unbranched alkanes of at least 4 members (excludes halogenated alkanes) is 1. The fraction of sp³-hybridized carbons (Fsp3) is 1.00. The first kappa shape index (κ1) is 14.3. The van der Waals surface area contributed by atoms with Crippen LogP contribution in [0.5, 0.6) is 0 Å². The van der Waals surface area contributed by atoms with Gasteiger partial charge in [-0.05, 0) is 43.7 Å². The van der Waals surface area contributed by atoms with Crippen molar-refractivity contribution in [1.82, 2.24) is 5.32 Å². The molecule has 0 aromatic carbocycles. The Kier molecular flexibility index (Phi) is 10.1. The maximum atomic E-state index is 3.53. The Hall–Kier alpha value is 0.310. The highest BCUT2D eigenvalue weighted by atomic mass is 32.2. The quantitative estimate of drug-likeness (QED) is 0.591. The van der Waals surface area contributed by atoms with Crippen molar-refractivity contribution in [2.45, 2.75) is 64.7 Å². The molecule has 0 radical (unpaired) electrons. The van der Waals surface area contributed by atoms with E-state index in [-0.39, 0.29) is 0 Å². The van der Waals surface area contributed by atoms with E-state index in [1.807, 2.05) is 0 Å². The standard InChI is InChI=1S/C12H27NS/c1-5-9-13-12(4)8-6-7-10-14-11(2)3/h11-13H,5-10H2,1-4H3. The lowest BCUT2D eigenvalue weighted by atomic mass is 10.1. The molecule has 1 N–H and O–H groups in total. The highest BCUT2D eigenvalue weighted by Gasteiger charge is 2.00. The first-order valence-electron chi connectivity index (χ1n) is 6.01. The van der Waals surface area contributed by atoms with Gasteiger partial charge in [0.15, 0.2) is 0 Å². The number of hydrogen-bond donors (Lipinski definition) is 1. The molecule has 0 aromatic rings. The van der Waals surface area contributed by atoms with Crippen molar-refractivity contribution in [2.75, 3.05) is 12.3 Å². The lowest BCUT2D eigenvalue weighted by Gasteiger charge is -2.12. The molecule has 0 fully saturated rings. The number of hydrogen-bond acceptors (Lipinski definition) is 2. The van der Waals surface area contributed by atoms with Crippen molar-refractivity contribution < 1.29 is 0 Å². The van der Waals surface area contributed by atoms with Gasteiger partial charge in [-0.25, -0.2) is 0 Å². The molecule has 0 heterocycles. The van der Waals surface area contributed by atoms with Gasteiger partial charge in [-0.2, -0.15) is 11.8 Å². The van der Waals surface area contributed by atoms with E-state index >= 15 is 0 Å². The van der Waals surface area contributed by atoms with Gasteiger partial charge in [0.1, 0.15) is 0 Å². The van der Waals surface area contributed by atoms with Crippen LogP contribution in [0.15, 0.2) is 0 Å². The summed E-state index contributed by atoms with van der Waals surface area (Å²) in [7, 11) is 0. The molecular formula is C12H27NS. The minimum Gasteiger partial charge on any atom is -0.314 e. The maximum Gasteiger partial charge on any atom is 0.00387 e. The molecule has 0 aromatic heterocycles. The zero-order chi connectivity index (χ0) is 10.8. The maximum absolute atomic E-state index is 3.53. The predicted molar refractivity (Wildman–Crippen MR) is 69.2 cm³/mol. The second kappa shape index (κ2) is 9.85. The molecule has 0 aliphatic carbocycles. The van der Waals surface area contributed by atoms with Crippen molar-refractivity contribution in [3.05, 3.63) is 0 Å². The normalized spacial score (nSPS) is 13.5. The van der Waals surface area contributed by atoms with Crippen LogP contribution < -0.4 is 5.32 Å². The third kappa shape index (κ3) is 10.4.